The molecule has 14 nitrogen and oxygen atoms in total. The quantitative estimate of drug-likeness (QED) is 0.257. The zero-order valence-electron chi connectivity index (χ0n) is 30.2. The van der Waals surface area contributed by atoms with Crippen LogP contribution >= 0.6 is 0 Å². The van der Waals surface area contributed by atoms with E-state index in [9.17, 15) is 24.0 Å². The number of piperidine rings is 3. The molecule has 5 saturated heterocycles. The van der Waals surface area contributed by atoms with E-state index in [4.69, 9.17) is 14.5 Å². The maximum absolute atomic E-state index is 13.4. The summed E-state index contributed by atoms with van der Waals surface area (Å²) in [4.78, 5) is 79.7. The van der Waals surface area contributed by atoms with E-state index in [2.05, 4.69) is 37.1 Å². The summed E-state index contributed by atoms with van der Waals surface area (Å²) in [6.07, 6.45) is 3.61. The number of aromatic nitrogens is 2. The number of amides is 4. The molecule has 3 aromatic carbocycles. The molecule has 10 rings (SSSR count). The summed E-state index contributed by atoms with van der Waals surface area (Å²) in [6, 6.07) is 16.9. The number of benzene rings is 3. The number of hydrogen-bond acceptors (Lipinski definition) is 11. The largest absolute Gasteiger partial charge is 0.497 e. The molecule has 6 aliphatic rings. The minimum atomic E-state index is -0.967. The van der Waals surface area contributed by atoms with E-state index in [0.717, 1.165) is 73.8 Å². The molecule has 3 atom stereocenters. The van der Waals surface area contributed by atoms with Gasteiger partial charge >= 0.3 is 0 Å². The molecule has 3 unspecified atom stereocenters. The van der Waals surface area contributed by atoms with Crippen molar-refractivity contribution in [2.45, 2.75) is 50.2 Å². The van der Waals surface area contributed by atoms with Crippen molar-refractivity contribution in [3.05, 3.63) is 76.1 Å². The highest BCUT2D eigenvalue weighted by Crippen LogP contribution is 2.39. The smallest absolute Gasteiger partial charge is 0.262 e. The molecule has 4 aromatic rings. The first kappa shape index (κ1) is 34.0. The number of rotatable bonds is 8. The van der Waals surface area contributed by atoms with Crippen molar-refractivity contribution in [1.29, 1.82) is 0 Å². The highest BCUT2D eigenvalue weighted by molar-refractivity contribution is 6.23. The van der Waals surface area contributed by atoms with E-state index < -0.39 is 23.8 Å². The Kier molecular flexibility index (Phi) is 8.36. The van der Waals surface area contributed by atoms with Crippen molar-refractivity contribution in [2.75, 3.05) is 56.7 Å². The first-order valence-electron chi connectivity index (χ1n) is 18.6. The molecule has 2 N–H and O–H groups in total. The Bertz CT molecular complexity index is 2250. The second kappa shape index (κ2) is 13.3. The Morgan fingerprint density at radius 3 is 2.22 bits per heavy atom. The van der Waals surface area contributed by atoms with Gasteiger partial charge in [0.1, 0.15) is 28.8 Å². The lowest BCUT2D eigenvalue weighted by molar-refractivity contribution is -0.136. The number of imide groups is 2. The average Bonchev–Trinajstić information content (AvgIpc) is 3.44. The lowest BCUT2D eigenvalue weighted by Gasteiger charge is -2.58. The number of carbonyl (C=O) groups excluding carboxylic acids is 4. The number of nitrogens with zero attached hydrogens (tertiary/aromatic N) is 5. The number of piperazine rings is 1. The molecule has 0 aliphatic carbocycles. The molecule has 14 heteroatoms. The molecular weight excluding hydrogens is 690 g/mol. The van der Waals surface area contributed by atoms with Crippen molar-refractivity contribution in [2.24, 2.45) is 5.92 Å². The lowest BCUT2D eigenvalue weighted by atomic mass is 9.84. The van der Waals surface area contributed by atoms with Crippen molar-refractivity contribution in [3.8, 4) is 22.9 Å². The van der Waals surface area contributed by atoms with Gasteiger partial charge in [-0.3, -0.25) is 39.1 Å². The van der Waals surface area contributed by atoms with Crippen molar-refractivity contribution in [1.82, 2.24) is 25.1 Å². The highest BCUT2D eigenvalue weighted by atomic mass is 16.5. The van der Waals surface area contributed by atoms with Crippen LogP contribution in [0.4, 0.5) is 11.4 Å². The fourth-order valence-electron chi connectivity index (χ4n) is 8.98. The van der Waals surface area contributed by atoms with E-state index in [0.29, 0.717) is 57.4 Å². The van der Waals surface area contributed by atoms with Gasteiger partial charge in [-0.25, -0.2) is 4.98 Å². The molecule has 7 heterocycles. The highest BCUT2D eigenvalue weighted by Gasteiger charge is 2.47. The van der Waals surface area contributed by atoms with Crippen LogP contribution in [0, 0.1) is 5.92 Å². The van der Waals surface area contributed by atoms with Gasteiger partial charge in [-0.15, -0.1) is 0 Å². The number of carbonyl (C=O) groups is 4. The minimum Gasteiger partial charge on any atom is -0.497 e. The van der Waals surface area contributed by atoms with Gasteiger partial charge in [0.25, 0.3) is 17.4 Å². The number of anilines is 2. The van der Waals surface area contributed by atoms with E-state index in [-0.39, 0.29) is 24.3 Å². The van der Waals surface area contributed by atoms with E-state index in [1.165, 1.54) is 7.11 Å². The fourth-order valence-corrected chi connectivity index (χ4v) is 8.98. The van der Waals surface area contributed by atoms with Crippen LogP contribution < -0.4 is 30.1 Å². The Morgan fingerprint density at radius 2 is 1.52 bits per heavy atom. The topological polar surface area (TPSA) is 157 Å². The molecule has 6 aliphatic heterocycles. The summed E-state index contributed by atoms with van der Waals surface area (Å²) < 4.78 is 10.8. The molecule has 0 spiro atoms. The zero-order valence-corrected chi connectivity index (χ0v) is 30.2. The van der Waals surface area contributed by atoms with Crippen LogP contribution in [0.3, 0.4) is 0 Å². The van der Waals surface area contributed by atoms with Crippen LogP contribution in [0.1, 0.15) is 52.8 Å². The van der Waals surface area contributed by atoms with Crippen LogP contribution in [-0.2, 0) is 9.59 Å². The van der Waals surface area contributed by atoms with Gasteiger partial charge in [0.05, 0.1) is 30.9 Å². The van der Waals surface area contributed by atoms with Gasteiger partial charge in [0.15, 0.2) is 0 Å². The predicted octanol–water partition coefficient (Wildman–Crippen LogP) is 3.19. The summed E-state index contributed by atoms with van der Waals surface area (Å²) in [5, 5.41) is 2.64. The monoisotopic (exact) mass is 731 g/mol. The molecule has 4 amide bonds. The Hall–Kier alpha value is -5.76. The van der Waals surface area contributed by atoms with Gasteiger partial charge < -0.3 is 24.3 Å². The van der Waals surface area contributed by atoms with Gasteiger partial charge in [0, 0.05) is 80.3 Å². The summed E-state index contributed by atoms with van der Waals surface area (Å²) in [7, 11) is 3.08. The van der Waals surface area contributed by atoms with Crippen LogP contribution in [0.5, 0.6) is 11.5 Å². The summed E-state index contributed by atoms with van der Waals surface area (Å²) in [5.74, 6) is 0.140. The first-order valence-corrected chi connectivity index (χ1v) is 18.6. The third-order valence-corrected chi connectivity index (χ3v) is 11.9. The second-order valence-corrected chi connectivity index (χ2v) is 14.9. The Balaban J connectivity index is 0.797. The van der Waals surface area contributed by atoms with E-state index in [1.54, 1.807) is 31.4 Å². The molecule has 278 valence electrons. The number of H-pyrrole nitrogens is 1. The zero-order chi connectivity index (χ0) is 37.2. The van der Waals surface area contributed by atoms with Crippen LogP contribution in [0.2, 0.25) is 0 Å². The Labute approximate surface area is 311 Å². The minimum absolute atomic E-state index is 0.0966. The number of hydrogen-bond donors (Lipinski definition) is 2. The molecule has 2 bridgehead atoms. The third kappa shape index (κ3) is 5.75. The van der Waals surface area contributed by atoms with Crippen LogP contribution in [0.15, 0.2) is 59.4 Å². The maximum atomic E-state index is 13.4. The van der Waals surface area contributed by atoms with Crippen molar-refractivity contribution >= 4 is 45.9 Å². The van der Waals surface area contributed by atoms with E-state index in [1.807, 2.05) is 18.2 Å². The van der Waals surface area contributed by atoms with E-state index >= 15 is 0 Å². The lowest BCUT2D eigenvalue weighted by Crippen LogP contribution is -2.69. The summed E-state index contributed by atoms with van der Waals surface area (Å²) in [6.45, 7) is 4.74. The molecular formula is C40H41N7O7. The third-order valence-electron chi connectivity index (χ3n) is 11.9. The maximum Gasteiger partial charge on any atom is 0.262 e. The number of nitrogens with one attached hydrogen (secondary N) is 2. The van der Waals surface area contributed by atoms with Crippen molar-refractivity contribution < 1.29 is 28.7 Å². The molecule has 54 heavy (non-hydrogen) atoms. The predicted molar refractivity (Wildman–Crippen MR) is 200 cm³/mol. The molecule has 0 saturated carbocycles. The summed E-state index contributed by atoms with van der Waals surface area (Å²) in [5.41, 5.74) is 3.75. The fraction of sp³-hybridized carbons (Fsp3) is 0.400. The van der Waals surface area contributed by atoms with Crippen LogP contribution in [0.25, 0.3) is 22.3 Å². The van der Waals surface area contributed by atoms with Gasteiger partial charge in [-0.1, -0.05) is 0 Å². The van der Waals surface area contributed by atoms with Gasteiger partial charge in [-0.2, -0.15) is 0 Å². The standard InChI is InChI=1S/C40H41N7O7/c1-53-28-17-31-35(33(18-28)54-2)38(50)43-36(41-31)23-3-5-24(6-4-23)44-13-11-22(12-14-44)19-46-26-15-27(46)21-45(20-26)25-7-8-29-30(16-25)40(52)47(39(29)51)32-9-10-34(48)42-37(32)49/h3-8,16-18,22,26-27,32H,9-15,19-21H2,1-2H3,(H,41,43,50)(H,42,48,49). The first-order chi connectivity index (χ1) is 26.2. The molecule has 1 aromatic heterocycles. The Morgan fingerprint density at radius 1 is 0.796 bits per heavy atom. The second-order valence-electron chi connectivity index (χ2n) is 14.9. The van der Waals surface area contributed by atoms with Gasteiger partial charge in [0.2, 0.25) is 11.8 Å². The van der Waals surface area contributed by atoms with Crippen molar-refractivity contribution in [3.63, 3.8) is 0 Å². The SMILES string of the molecule is COc1cc(OC)c2c(=O)[nH]c(-c3ccc(N4CCC(CN5C6CC5CN(c5ccc7c(c5)C(=O)N(C5CCC(=O)NC5=O)C7=O)C6)CC4)cc3)nc2c1. The molecule has 0 radical (unpaired) electrons. The number of fused-ring (bicyclic) bond motifs is 4. The van der Waals surface area contributed by atoms with Gasteiger partial charge in [-0.05, 0) is 74.1 Å². The molecule has 5 fully saturated rings. The van der Waals surface area contributed by atoms with Crippen LogP contribution in [-0.4, -0.2) is 108 Å². The normalized spacial score (nSPS) is 23.1. The number of aromatic amines is 1. The summed E-state index contributed by atoms with van der Waals surface area (Å²) >= 11 is 0. The number of ether oxygens (including phenoxy) is 2. The average molecular weight is 732 g/mol. The number of methoxy groups -OCH3 is 2.